The van der Waals surface area contributed by atoms with Crippen molar-refractivity contribution in [1.29, 1.82) is 0 Å². The zero-order chi connectivity index (χ0) is 14.4. The number of ether oxygens (including phenoxy) is 1. The fourth-order valence-electron chi connectivity index (χ4n) is 2.47. The van der Waals surface area contributed by atoms with Crippen LogP contribution in [-0.2, 0) is 7.05 Å². The predicted molar refractivity (Wildman–Crippen MR) is 79.1 cm³/mol. The van der Waals surface area contributed by atoms with Crippen molar-refractivity contribution < 1.29 is 4.74 Å². The fourth-order valence-corrected chi connectivity index (χ4v) is 2.47. The molecule has 5 heteroatoms. The summed E-state index contributed by atoms with van der Waals surface area (Å²) in [6.07, 6.45) is 0. The average molecular weight is 270 g/mol. The number of aryl methyl sites for hydroxylation is 3. The predicted octanol–water partition coefficient (Wildman–Crippen LogP) is 2.90. The highest BCUT2D eigenvalue weighted by Crippen LogP contribution is 2.29. The summed E-state index contributed by atoms with van der Waals surface area (Å²) in [5.74, 6) is 1.48. The van der Waals surface area contributed by atoms with Crippen LogP contribution in [0.4, 0.5) is 0 Å². The number of hydrogen-bond donors (Lipinski definition) is 1. The van der Waals surface area contributed by atoms with E-state index in [1.165, 1.54) is 11.1 Å². The number of methoxy groups -OCH3 is 1. The lowest BCUT2D eigenvalue weighted by Gasteiger charge is -2.03. The zero-order valence-corrected chi connectivity index (χ0v) is 12.4. The van der Waals surface area contributed by atoms with Crippen molar-refractivity contribution >= 4 is 11.0 Å². The van der Waals surface area contributed by atoms with E-state index in [0.717, 1.165) is 28.1 Å². The Morgan fingerprint density at radius 3 is 2.50 bits per heavy atom. The highest BCUT2D eigenvalue weighted by molar-refractivity contribution is 5.82. The van der Waals surface area contributed by atoms with Gasteiger partial charge >= 0.3 is 0 Å². The molecule has 20 heavy (non-hydrogen) atoms. The summed E-state index contributed by atoms with van der Waals surface area (Å²) in [4.78, 5) is 4.73. The summed E-state index contributed by atoms with van der Waals surface area (Å²) in [6.45, 7) is 6.20. The molecule has 0 radical (unpaired) electrons. The third kappa shape index (κ3) is 1.70. The van der Waals surface area contributed by atoms with E-state index < -0.39 is 0 Å². The molecular weight excluding hydrogens is 252 g/mol. The lowest BCUT2D eigenvalue weighted by Crippen LogP contribution is -1.94. The molecule has 1 aromatic carbocycles. The number of nitrogens with zero attached hydrogens (tertiary/aromatic N) is 3. The minimum Gasteiger partial charge on any atom is -0.480 e. The van der Waals surface area contributed by atoms with Crippen LogP contribution in [0, 0.1) is 20.8 Å². The molecule has 0 aliphatic heterocycles. The molecule has 0 unspecified atom stereocenters. The average Bonchev–Trinajstić information content (AvgIpc) is 2.92. The molecular formula is C15H18N4O. The molecule has 0 atom stereocenters. The standard InChI is InChI=1S/C15H18N4O/c1-8-6-11-12(7-9(8)2)19(4)14(16-11)13-10(3)15(20-5)18-17-13/h6-7H,1-5H3,(H,17,18). The van der Waals surface area contributed by atoms with Crippen LogP contribution in [0.25, 0.3) is 22.6 Å². The van der Waals surface area contributed by atoms with Gasteiger partial charge in [0.2, 0.25) is 5.88 Å². The summed E-state index contributed by atoms with van der Waals surface area (Å²) < 4.78 is 7.30. The van der Waals surface area contributed by atoms with E-state index in [2.05, 4.69) is 40.7 Å². The van der Waals surface area contributed by atoms with Crippen LogP contribution in [0.3, 0.4) is 0 Å². The fraction of sp³-hybridized carbons (Fsp3) is 0.333. The second-order valence-electron chi connectivity index (χ2n) is 5.15. The molecule has 0 aliphatic carbocycles. The molecule has 2 aromatic heterocycles. The number of fused-ring (bicyclic) bond motifs is 1. The van der Waals surface area contributed by atoms with E-state index in [1.54, 1.807) is 7.11 Å². The second kappa shape index (κ2) is 4.37. The Morgan fingerprint density at radius 2 is 1.85 bits per heavy atom. The molecule has 0 bridgehead atoms. The normalized spacial score (nSPS) is 11.2. The minimum absolute atomic E-state index is 0.611. The largest absolute Gasteiger partial charge is 0.480 e. The monoisotopic (exact) mass is 270 g/mol. The maximum Gasteiger partial charge on any atom is 0.235 e. The van der Waals surface area contributed by atoms with E-state index in [4.69, 9.17) is 9.72 Å². The summed E-state index contributed by atoms with van der Waals surface area (Å²) >= 11 is 0. The molecule has 0 amide bonds. The van der Waals surface area contributed by atoms with Gasteiger partial charge in [-0.1, -0.05) is 0 Å². The summed E-state index contributed by atoms with van der Waals surface area (Å²) in [5, 5.41) is 7.17. The van der Waals surface area contributed by atoms with Gasteiger partial charge in [-0.3, -0.25) is 5.10 Å². The molecule has 0 spiro atoms. The van der Waals surface area contributed by atoms with Crippen molar-refractivity contribution in [3.8, 4) is 17.4 Å². The molecule has 0 aliphatic rings. The maximum absolute atomic E-state index is 5.22. The third-order valence-electron chi connectivity index (χ3n) is 3.88. The van der Waals surface area contributed by atoms with Crippen molar-refractivity contribution in [2.45, 2.75) is 20.8 Å². The Hall–Kier alpha value is -2.30. The van der Waals surface area contributed by atoms with Crippen molar-refractivity contribution in [2.24, 2.45) is 7.05 Å². The van der Waals surface area contributed by atoms with Gasteiger partial charge in [0.1, 0.15) is 5.69 Å². The first kappa shape index (κ1) is 12.7. The van der Waals surface area contributed by atoms with Gasteiger partial charge in [0, 0.05) is 12.6 Å². The number of aromatic nitrogens is 4. The number of H-pyrrole nitrogens is 1. The van der Waals surface area contributed by atoms with Crippen LogP contribution in [0.15, 0.2) is 12.1 Å². The second-order valence-corrected chi connectivity index (χ2v) is 5.15. The number of rotatable bonds is 2. The molecule has 2 heterocycles. The molecule has 3 aromatic rings. The molecule has 104 valence electrons. The number of hydrogen-bond acceptors (Lipinski definition) is 3. The van der Waals surface area contributed by atoms with Gasteiger partial charge in [0.15, 0.2) is 5.82 Å². The molecule has 0 saturated carbocycles. The molecule has 1 N–H and O–H groups in total. The van der Waals surface area contributed by atoms with Gasteiger partial charge in [-0.05, 0) is 44.0 Å². The molecule has 0 fully saturated rings. The number of aromatic amines is 1. The van der Waals surface area contributed by atoms with Crippen LogP contribution in [0.2, 0.25) is 0 Å². The van der Waals surface area contributed by atoms with E-state index in [1.807, 2.05) is 14.0 Å². The van der Waals surface area contributed by atoms with Gasteiger partial charge in [0.25, 0.3) is 0 Å². The first-order valence-electron chi connectivity index (χ1n) is 6.56. The Labute approximate surface area is 117 Å². The minimum atomic E-state index is 0.611. The highest BCUT2D eigenvalue weighted by atomic mass is 16.5. The third-order valence-corrected chi connectivity index (χ3v) is 3.88. The number of nitrogens with one attached hydrogen (secondary N) is 1. The van der Waals surface area contributed by atoms with Crippen LogP contribution >= 0.6 is 0 Å². The summed E-state index contributed by atoms with van der Waals surface area (Å²) in [7, 11) is 3.64. The van der Waals surface area contributed by atoms with Crippen LogP contribution in [0.5, 0.6) is 5.88 Å². The Kier molecular flexibility index (Phi) is 2.78. The first-order chi connectivity index (χ1) is 9.52. The van der Waals surface area contributed by atoms with Crippen molar-refractivity contribution in [1.82, 2.24) is 19.7 Å². The summed E-state index contributed by atoms with van der Waals surface area (Å²) in [5.41, 5.74) is 6.51. The van der Waals surface area contributed by atoms with Gasteiger partial charge in [-0.25, -0.2) is 4.98 Å². The Bertz CT molecular complexity index is 798. The first-order valence-corrected chi connectivity index (χ1v) is 6.56. The molecule has 5 nitrogen and oxygen atoms in total. The van der Waals surface area contributed by atoms with E-state index in [0.29, 0.717) is 5.88 Å². The quantitative estimate of drug-likeness (QED) is 0.779. The topological polar surface area (TPSA) is 55.7 Å². The van der Waals surface area contributed by atoms with E-state index in [9.17, 15) is 0 Å². The van der Waals surface area contributed by atoms with E-state index in [-0.39, 0.29) is 0 Å². The van der Waals surface area contributed by atoms with Gasteiger partial charge in [-0.15, -0.1) is 5.10 Å². The lowest BCUT2D eigenvalue weighted by atomic mass is 10.1. The smallest absolute Gasteiger partial charge is 0.235 e. The Balaban J connectivity index is 2.26. The van der Waals surface area contributed by atoms with Crippen molar-refractivity contribution in [3.63, 3.8) is 0 Å². The van der Waals surface area contributed by atoms with E-state index >= 15 is 0 Å². The van der Waals surface area contributed by atoms with Crippen molar-refractivity contribution in [3.05, 3.63) is 28.8 Å². The SMILES string of the molecule is COc1n[nH]c(-c2nc3cc(C)c(C)cc3n2C)c1C. The van der Waals surface area contributed by atoms with Gasteiger partial charge in [-0.2, -0.15) is 0 Å². The van der Waals surface area contributed by atoms with Gasteiger partial charge in [0.05, 0.1) is 18.1 Å². The van der Waals surface area contributed by atoms with Crippen LogP contribution in [-0.4, -0.2) is 26.9 Å². The summed E-state index contributed by atoms with van der Waals surface area (Å²) in [6, 6.07) is 4.29. The van der Waals surface area contributed by atoms with Crippen molar-refractivity contribution in [2.75, 3.05) is 7.11 Å². The molecule has 3 rings (SSSR count). The Morgan fingerprint density at radius 1 is 1.15 bits per heavy atom. The van der Waals surface area contributed by atoms with Crippen LogP contribution in [0.1, 0.15) is 16.7 Å². The van der Waals surface area contributed by atoms with Gasteiger partial charge < -0.3 is 9.30 Å². The van der Waals surface area contributed by atoms with Crippen LogP contribution < -0.4 is 4.74 Å². The number of benzene rings is 1. The zero-order valence-electron chi connectivity index (χ0n) is 12.4. The number of imidazole rings is 1. The maximum atomic E-state index is 5.22. The lowest BCUT2D eigenvalue weighted by molar-refractivity contribution is 0.394. The highest BCUT2D eigenvalue weighted by Gasteiger charge is 2.17. The molecule has 0 saturated heterocycles.